The highest BCUT2D eigenvalue weighted by molar-refractivity contribution is 7.00. The minimum absolute atomic E-state index is 0.504. The van der Waals surface area contributed by atoms with Crippen LogP contribution in [0, 0.1) is 22.9 Å². The van der Waals surface area contributed by atoms with E-state index in [0.717, 1.165) is 55.0 Å². The highest BCUT2D eigenvalue weighted by Crippen LogP contribution is 2.43. The van der Waals surface area contributed by atoms with Crippen molar-refractivity contribution in [3.63, 3.8) is 0 Å². The van der Waals surface area contributed by atoms with Crippen molar-refractivity contribution in [2.45, 2.75) is 116 Å². The van der Waals surface area contributed by atoms with Gasteiger partial charge in [0.1, 0.15) is 38.2 Å². The molecule has 0 amide bonds. The van der Waals surface area contributed by atoms with E-state index < -0.39 is 16.1 Å². The average Bonchev–Trinajstić information content (AvgIpc) is 3.54. The van der Waals surface area contributed by atoms with Crippen LogP contribution in [0.5, 0.6) is 0 Å². The van der Waals surface area contributed by atoms with Gasteiger partial charge in [-0.05, 0) is 44.0 Å². The molecule has 2 aromatic heterocycles. The van der Waals surface area contributed by atoms with Gasteiger partial charge in [0.2, 0.25) is 0 Å². The molecule has 0 saturated carbocycles. The van der Waals surface area contributed by atoms with E-state index in [2.05, 4.69) is 155 Å². The Kier molecular flexibility index (Phi) is 9.52. The molecule has 0 aliphatic heterocycles. The van der Waals surface area contributed by atoms with Crippen LogP contribution in [0.3, 0.4) is 0 Å². The number of nitrogens with zero attached hydrogens (tertiary/aromatic N) is 4. The Morgan fingerprint density at radius 3 is 1.04 bits per heavy atom. The van der Waals surface area contributed by atoms with Crippen LogP contribution in [0.1, 0.15) is 94.2 Å². The Morgan fingerprint density at radius 1 is 0.429 bits per heavy atom. The summed E-state index contributed by atoms with van der Waals surface area (Å²) in [5, 5.41) is 4.54. The first-order valence-corrected chi connectivity index (χ1v) is 23.2. The molecule has 6 aromatic rings. The molecule has 49 heavy (non-hydrogen) atoms. The Bertz CT molecular complexity index is 2140. The molecule has 0 unspecified atom stereocenters. The Balaban J connectivity index is 1.84. The standard InChI is InChI=1S/C42H50N4SSi2/c1-25(2)48(26(3)4,27(5)6)23-21-35-39-40(36(42-41(35)45-47-46-42)22-24-49(28(7)8,29(9)10)30(11)12)44-38-34-20-16-14-18-32(34)31-17-13-15-19-33(31)37(38)43-39/h13-20,25-30H,1-12H3. The quantitative estimate of drug-likeness (QED) is 0.0752. The fourth-order valence-corrected chi connectivity index (χ4v) is 20.2. The van der Waals surface area contributed by atoms with Crippen LogP contribution < -0.4 is 0 Å². The lowest BCUT2D eigenvalue weighted by Crippen LogP contribution is -2.43. The summed E-state index contributed by atoms with van der Waals surface area (Å²) in [5.41, 5.74) is 17.6. The van der Waals surface area contributed by atoms with E-state index in [4.69, 9.17) is 18.7 Å². The maximum Gasteiger partial charge on any atom is 0.146 e. The number of benzene rings is 4. The van der Waals surface area contributed by atoms with Crippen molar-refractivity contribution in [3.8, 4) is 22.9 Å². The zero-order valence-corrected chi connectivity index (χ0v) is 34.1. The number of rotatable bonds is 6. The molecule has 0 radical (unpaired) electrons. The molecule has 4 aromatic carbocycles. The maximum atomic E-state index is 5.56. The first-order chi connectivity index (χ1) is 23.3. The van der Waals surface area contributed by atoms with Crippen LogP contribution in [0.2, 0.25) is 33.2 Å². The first kappa shape index (κ1) is 35.2. The van der Waals surface area contributed by atoms with E-state index in [1.165, 1.54) is 22.5 Å². The van der Waals surface area contributed by atoms with Crippen molar-refractivity contribution >= 4 is 82.5 Å². The molecule has 0 atom stereocenters. The largest absolute Gasteiger partial charge is 0.242 e. The van der Waals surface area contributed by atoms with E-state index in [9.17, 15) is 0 Å². The van der Waals surface area contributed by atoms with Crippen LogP contribution in [0.15, 0.2) is 48.5 Å². The van der Waals surface area contributed by atoms with Crippen LogP contribution in [0.4, 0.5) is 0 Å². The highest BCUT2D eigenvalue weighted by atomic mass is 32.1. The molecule has 0 spiro atoms. The summed E-state index contributed by atoms with van der Waals surface area (Å²) in [6.07, 6.45) is 0. The second-order valence-corrected chi connectivity index (χ2v) is 27.4. The van der Waals surface area contributed by atoms with Gasteiger partial charge >= 0.3 is 0 Å². The van der Waals surface area contributed by atoms with Crippen LogP contribution in [-0.2, 0) is 0 Å². The van der Waals surface area contributed by atoms with Crippen molar-refractivity contribution in [2.75, 3.05) is 0 Å². The molecule has 0 N–H and O–H groups in total. The summed E-state index contributed by atoms with van der Waals surface area (Å²) in [7, 11) is -4.13. The molecule has 6 rings (SSSR count). The van der Waals surface area contributed by atoms with Crippen molar-refractivity contribution < 1.29 is 0 Å². The predicted molar refractivity (Wildman–Crippen MR) is 219 cm³/mol. The third-order valence-electron chi connectivity index (χ3n) is 11.5. The minimum atomic E-state index is -2.07. The summed E-state index contributed by atoms with van der Waals surface area (Å²) in [6, 6.07) is 17.1. The number of fused-ring (bicyclic) bond motifs is 8. The molecule has 0 aliphatic rings. The molecule has 0 saturated heterocycles. The normalized spacial score (nSPS) is 12.9. The third kappa shape index (κ3) is 5.50. The molecule has 0 fully saturated rings. The van der Waals surface area contributed by atoms with Gasteiger partial charge in [-0.2, -0.15) is 8.75 Å². The van der Waals surface area contributed by atoms with Crippen molar-refractivity contribution in [2.24, 2.45) is 0 Å². The summed E-state index contributed by atoms with van der Waals surface area (Å²) in [6.45, 7) is 28.3. The number of hydrogen-bond acceptors (Lipinski definition) is 5. The van der Waals surface area contributed by atoms with Crippen LogP contribution in [-0.4, -0.2) is 34.9 Å². The maximum absolute atomic E-state index is 5.56. The second-order valence-electron chi connectivity index (χ2n) is 15.7. The zero-order chi connectivity index (χ0) is 35.4. The first-order valence-electron chi connectivity index (χ1n) is 18.0. The minimum Gasteiger partial charge on any atom is -0.242 e. The second kappa shape index (κ2) is 13.3. The Hall–Kier alpha value is -3.63. The lowest BCUT2D eigenvalue weighted by Gasteiger charge is -2.38. The molecule has 0 aliphatic carbocycles. The predicted octanol–water partition coefficient (Wildman–Crippen LogP) is 12.2. The van der Waals surface area contributed by atoms with E-state index >= 15 is 0 Å². The van der Waals surface area contributed by atoms with Gasteiger partial charge in [-0.25, -0.2) is 9.97 Å². The summed E-state index contributed by atoms with van der Waals surface area (Å²) in [4.78, 5) is 11.1. The van der Waals surface area contributed by atoms with Gasteiger partial charge < -0.3 is 0 Å². The fourth-order valence-electron chi connectivity index (χ4n) is 9.19. The number of hydrogen-bond donors (Lipinski definition) is 0. The lowest BCUT2D eigenvalue weighted by atomic mass is 9.98. The monoisotopic (exact) mass is 698 g/mol. The van der Waals surface area contributed by atoms with Crippen molar-refractivity contribution in [3.05, 3.63) is 59.7 Å². The Morgan fingerprint density at radius 2 is 0.735 bits per heavy atom. The molecule has 252 valence electrons. The summed E-state index contributed by atoms with van der Waals surface area (Å²) >= 11 is 1.24. The molecule has 2 heterocycles. The van der Waals surface area contributed by atoms with Gasteiger partial charge in [0, 0.05) is 10.8 Å². The Labute approximate surface area is 298 Å². The van der Waals surface area contributed by atoms with Crippen LogP contribution in [0.25, 0.3) is 54.6 Å². The summed E-state index contributed by atoms with van der Waals surface area (Å²) in [5.74, 6) is 7.56. The van der Waals surface area contributed by atoms with Crippen molar-refractivity contribution in [1.29, 1.82) is 0 Å². The average molecular weight is 699 g/mol. The van der Waals surface area contributed by atoms with E-state index in [0.29, 0.717) is 33.2 Å². The third-order valence-corrected chi connectivity index (χ3v) is 24.6. The molecular weight excluding hydrogens is 649 g/mol. The van der Waals surface area contributed by atoms with Gasteiger partial charge in [-0.3, -0.25) is 0 Å². The fraction of sp³-hybridized carbons (Fsp3) is 0.429. The van der Waals surface area contributed by atoms with Gasteiger partial charge in [-0.1, -0.05) is 143 Å². The number of aromatic nitrogens is 4. The topological polar surface area (TPSA) is 51.6 Å². The molecule has 4 nitrogen and oxygen atoms in total. The van der Waals surface area contributed by atoms with Crippen LogP contribution >= 0.6 is 11.7 Å². The molecular formula is C42H50N4SSi2. The highest BCUT2D eigenvalue weighted by Gasteiger charge is 2.43. The van der Waals surface area contributed by atoms with E-state index in [-0.39, 0.29) is 0 Å². The van der Waals surface area contributed by atoms with Crippen molar-refractivity contribution in [1.82, 2.24) is 18.7 Å². The van der Waals surface area contributed by atoms with Gasteiger partial charge in [0.15, 0.2) is 0 Å². The smallest absolute Gasteiger partial charge is 0.146 e. The van der Waals surface area contributed by atoms with Gasteiger partial charge in [0.05, 0.1) is 33.9 Å². The zero-order valence-electron chi connectivity index (χ0n) is 31.3. The van der Waals surface area contributed by atoms with E-state index in [1.54, 1.807) is 0 Å². The SMILES string of the molecule is CC(C)[Si](C#Cc1c2nsnc2c(C#C[Si](C(C)C)(C(C)C)C(C)C)c2nc3c4ccccc4c4ccccc4c3nc12)(C(C)C)C(C)C. The summed E-state index contributed by atoms with van der Waals surface area (Å²) < 4.78 is 9.85. The lowest BCUT2D eigenvalue weighted by molar-refractivity contribution is 0.838. The van der Waals surface area contributed by atoms with E-state index in [1.807, 2.05) is 0 Å². The molecule has 7 heteroatoms. The molecule has 0 bridgehead atoms. The van der Waals surface area contributed by atoms with Gasteiger partial charge in [-0.15, -0.1) is 11.1 Å². The van der Waals surface area contributed by atoms with Gasteiger partial charge in [0.25, 0.3) is 0 Å².